The highest BCUT2D eigenvalue weighted by Crippen LogP contribution is 2.29. The number of nitrogens with zero attached hydrogens (tertiary/aromatic N) is 1. The van der Waals surface area contributed by atoms with E-state index < -0.39 is 10.0 Å². The zero-order valence-corrected chi connectivity index (χ0v) is 14.8. The third-order valence-corrected chi connectivity index (χ3v) is 6.04. The van der Waals surface area contributed by atoms with E-state index in [1.54, 1.807) is 48.7 Å². The summed E-state index contributed by atoms with van der Waals surface area (Å²) in [7, 11) is -3.61. The van der Waals surface area contributed by atoms with Gasteiger partial charge in [0.15, 0.2) is 0 Å². The Labute approximate surface area is 141 Å². The third kappa shape index (κ3) is 2.58. The average Bonchev–Trinajstić information content (AvgIpc) is 2.77. The van der Waals surface area contributed by atoms with Crippen molar-refractivity contribution in [1.82, 2.24) is 3.97 Å². The van der Waals surface area contributed by atoms with Gasteiger partial charge in [0.2, 0.25) is 0 Å². The van der Waals surface area contributed by atoms with Crippen LogP contribution in [0.15, 0.2) is 53.6 Å². The molecule has 0 unspecified atom stereocenters. The second kappa shape index (κ2) is 5.30. The molecule has 0 amide bonds. The Morgan fingerprint density at radius 1 is 1.10 bits per heavy atom. The van der Waals surface area contributed by atoms with Crippen molar-refractivity contribution in [3.63, 3.8) is 0 Å². The standard InChI is InChI=1S/C15H11ClINO2S/c1-10-2-5-12(6-3-10)21(19,20)18-9-14(17)13-8-11(16)4-7-15(13)18/h2-9H,1H3. The average molecular weight is 432 g/mol. The molecule has 21 heavy (non-hydrogen) atoms. The molecule has 0 N–H and O–H groups in total. The van der Waals surface area contributed by atoms with Crippen LogP contribution in [0.25, 0.3) is 10.9 Å². The minimum Gasteiger partial charge on any atom is -0.240 e. The molecule has 0 spiro atoms. The monoisotopic (exact) mass is 431 g/mol. The van der Waals surface area contributed by atoms with Gasteiger partial charge in [0.25, 0.3) is 10.0 Å². The van der Waals surface area contributed by atoms with Gasteiger partial charge < -0.3 is 0 Å². The Balaban J connectivity index is 2.26. The minimum atomic E-state index is -3.61. The lowest BCUT2D eigenvalue weighted by Gasteiger charge is -2.07. The molecular formula is C15H11ClINO2S. The quantitative estimate of drug-likeness (QED) is 0.563. The van der Waals surface area contributed by atoms with Crippen molar-refractivity contribution in [1.29, 1.82) is 0 Å². The Hall–Kier alpha value is -1.05. The Morgan fingerprint density at radius 3 is 2.43 bits per heavy atom. The molecule has 0 saturated carbocycles. The van der Waals surface area contributed by atoms with Crippen LogP contribution in [0.2, 0.25) is 5.02 Å². The van der Waals surface area contributed by atoms with Crippen molar-refractivity contribution >= 4 is 55.1 Å². The van der Waals surface area contributed by atoms with E-state index >= 15 is 0 Å². The highest BCUT2D eigenvalue weighted by atomic mass is 127. The summed E-state index contributed by atoms with van der Waals surface area (Å²) < 4.78 is 27.7. The zero-order valence-electron chi connectivity index (χ0n) is 11.0. The zero-order chi connectivity index (χ0) is 15.2. The maximum atomic E-state index is 12.8. The summed E-state index contributed by atoms with van der Waals surface area (Å²) in [5, 5.41) is 1.42. The largest absolute Gasteiger partial charge is 0.268 e. The fourth-order valence-electron chi connectivity index (χ4n) is 2.16. The van der Waals surface area contributed by atoms with Gasteiger partial charge in [-0.05, 0) is 59.8 Å². The molecule has 0 aliphatic carbocycles. The minimum absolute atomic E-state index is 0.274. The second-order valence-corrected chi connectivity index (χ2v) is 8.17. The van der Waals surface area contributed by atoms with Crippen LogP contribution >= 0.6 is 34.2 Å². The van der Waals surface area contributed by atoms with Crippen molar-refractivity contribution in [2.45, 2.75) is 11.8 Å². The van der Waals surface area contributed by atoms with Crippen LogP contribution < -0.4 is 0 Å². The molecule has 3 nitrogen and oxygen atoms in total. The number of aryl methyl sites for hydroxylation is 1. The number of benzene rings is 2. The molecular weight excluding hydrogens is 421 g/mol. The molecule has 2 aromatic carbocycles. The van der Waals surface area contributed by atoms with Crippen LogP contribution in [0.4, 0.5) is 0 Å². The number of hydrogen-bond donors (Lipinski definition) is 0. The molecule has 0 fully saturated rings. The van der Waals surface area contributed by atoms with Crippen LogP contribution in [0.3, 0.4) is 0 Å². The van der Waals surface area contributed by atoms with Gasteiger partial charge in [0.05, 0.1) is 10.4 Å². The molecule has 3 aromatic rings. The van der Waals surface area contributed by atoms with Gasteiger partial charge in [-0.25, -0.2) is 12.4 Å². The fraction of sp³-hybridized carbons (Fsp3) is 0.0667. The van der Waals surface area contributed by atoms with Crippen molar-refractivity contribution < 1.29 is 8.42 Å². The van der Waals surface area contributed by atoms with Crippen molar-refractivity contribution in [3.05, 3.63) is 62.8 Å². The number of halogens is 2. The number of hydrogen-bond acceptors (Lipinski definition) is 2. The van der Waals surface area contributed by atoms with E-state index in [0.717, 1.165) is 14.5 Å². The van der Waals surface area contributed by atoms with Gasteiger partial charge in [0.1, 0.15) is 0 Å². The van der Waals surface area contributed by atoms with Gasteiger partial charge in [-0.1, -0.05) is 29.3 Å². The van der Waals surface area contributed by atoms with E-state index in [1.165, 1.54) is 3.97 Å². The van der Waals surface area contributed by atoms with E-state index in [1.807, 2.05) is 6.92 Å². The SMILES string of the molecule is Cc1ccc(S(=O)(=O)n2cc(I)c3cc(Cl)ccc32)cc1. The first-order chi connectivity index (χ1) is 9.89. The molecule has 6 heteroatoms. The smallest absolute Gasteiger partial charge is 0.240 e. The molecule has 0 bridgehead atoms. The van der Waals surface area contributed by atoms with Gasteiger partial charge in [0, 0.05) is 20.2 Å². The summed E-state index contributed by atoms with van der Waals surface area (Å²) in [6.07, 6.45) is 1.62. The van der Waals surface area contributed by atoms with Crippen LogP contribution in [-0.2, 0) is 10.0 Å². The van der Waals surface area contributed by atoms with Crippen molar-refractivity contribution in [3.8, 4) is 0 Å². The van der Waals surface area contributed by atoms with Gasteiger partial charge in [-0.3, -0.25) is 0 Å². The van der Waals surface area contributed by atoms with E-state index in [0.29, 0.717) is 10.5 Å². The van der Waals surface area contributed by atoms with Crippen LogP contribution in [0, 0.1) is 10.5 Å². The molecule has 1 aromatic heterocycles. The van der Waals surface area contributed by atoms with Crippen LogP contribution in [0.1, 0.15) is 5.56 Å². The lowest BCUT2D eigenvalue weighted by Crippen LogP contribution is -2.11. The summed E-state index contributed by atoms with van der Waals surface area (Å²) in [6, 6.07) is 12.0. The summed E-state index contributed by atoms with van der Waals surface area (Å²) in [5.41, 5.74) is 1.65. The third-order valence-electron chi connectivity index (χ3n) is 3.26. The molecule has 0 radical (unpaired) electrons. The molecule has 108 valence electrons. The first kappa shape index (κ1) is 14.9. The van der Waals surface area contributed by atoms with Gasteiger partial charge >= 0.3 is 0 Å². The Bertz CT molecular complexity index is 930. The lowest BCUT2D eigenvalue weighted by atomic mass is 10.2. The van der Waals surface area contributed by atoms with Gasteiger partial charge in [-0.15, -0.1) is 0 Å². The molecule has 0 aliphatic heterocycles. The second-order valence-electron chi connectivity index (χ2n) is 4.75. The fourth-order valence-corrected chi connectivity index (χ4v) is 4.60. The van der Waals surface area contributed by atoms with E-state index in [9.17, 15) is 8.42 Å². The number of fused-ring (bicyclic) bond motifs is 1. The number of rotatable bonds is 2. The molecule has 0 saturated heterocycles. The predicted octanol–water partition coefficient (Wildman–Crippen LogP) is 4.44. The predicted molar refractivity (Wildman–Crippen MR) is 93.4 cm³/mol. The van der Waals surface area contributed by atoms with Gasteiger partial charge in [-0.2, -0.15) is 0 Å². The van der Waals surface area contributed by atoms with E-state index in [-0.39, 0.29) is 4.90 Å². The summed E-state index contributed by atoms with van der Waals surface area (Å²) >= 11 is 8.10. The number of aromatic nitrogens is 1. The lowest BCUT2D eigenvalue weighted by molar-refractivity contribution is 0.589. The molecule has 0 aliphatic rings. The van der Waals surface area contributed by atoms with E-state index in [2.05, 4.69) is 22.6 Å². The topological polar surface area (TPSA) is 39.1 Å². The Morgan fingerprint density at radius 2 is 1.76 bits per heavy atom. The van der Waals surface area contributed by atoms with Crippen molar-refractivity contribution in [2.24, 2.45) is 0 Å². The normalized spacial score (nSPS) is 12.0. The first-order valence-corrected chi connectivity index (χ1v) is 9.07. The maximum Gasteiger partial charge on any atom is 0.268 e. The summed E-state index contributed by atoms with van der Waals surface area (Å²) in [6.45, 7) is 1.92. The van der Waals surface area contributed by atoms with Crippen molar-refractivity contribution in [2.75, 3.05) is 0 Å². The molecule has 1 heterocycles. The highest BCUT2D eigenvalue weighted by Gasteiger charge is 2.20. The molecule has 3 rings (SSSR count). The first-order valence-electron chi connectivity index (χ1n) is 6.18. The highest BCUT2D eigenvalue weighted by molar-refractivity contribution is 14.1. The molecule has 0 atom stereocenters. The Kier molecular flexibility index (Phi) is 3.75. The summed E-state index contributed by atoms with van der Waals surface area (Å²) in [5.74, 6) is 0. The van der Waals surface area contributed by atoms with Crippen LogP contribution in [-0.4, -0.2) is 12.4 Å². The van der Waals surface area contributed by atoms with E-state index in [4.69, 9.17) is 11.6 Å². The maximum absolute atomic E-state index is 12.8. The summed E-state index contributed by atoms with van der Waals surface area (Å²) in [4.78, 5) is 0.274. The van der Waals surface area contributed by atoms with Crippen LogP contribution in [0.5, 0.6) is 0 Å².